The Morgan fingerprint density at radius 3 is 2.50 bits per heavy atom. The van der Waals surface area contributed by atoms with E-state index >= 15 is 0 Å². The molecule has 1 aliphatic carbocycles. The van der Waals surface area contributed by atoms with Crippen molar-refractivity contribution in [2.45, 2.75) is 31.8 Å². The minimum absolute atomic E-state index is 0.0128. The number of benzene rings is 3. The summed E-state index contributed by atoms with van der Waals surface area (Å²) < 4.78 is 50.8. The molecule has 1 saturated carbocycles. The summed E-state index contributed by atoms with van der Waals surface area (Å²) >= 11 is -2.59. The van der Waals surface area contributed by atoms with Crippen molar-refractivity contribution in [2.24, 2.45) is 0 Å². The molecule has 40 heavy (non-hydrogen) atoms. The summed E-state index contributed by atoms with van der Waals surface area (Å²) in [4.78, 5) is 12.9. The molecule has 0 radical (unpaired) electrons. The van der Waals surface area contributed by atoms with Crippen molar-refractivity contribution >= 4 is 40.7 Å². The first-order valence-corrected chi connectivity index (χ1v) is 13.7. The molecule has 0 saturated heterocycles. The van der Waals surface area contributed by atoms with Gasteiger partial charge in [0.25, 0.3) is 5.91 Å². The number of hydrogen-bond acceptors (Lipinski definition) is 7. The summed E-state index contributed by atoms with van der Waals surface area (Å²) in [5.41, 5.74) is 3.74. The number of amides is 1. The van der Waals surface area contributed by atoms with Gasteiger partial charge >= 0.3 is 7.12 Å². The zero-order chi connectivity index (χ0) is 28.6. The Kier molecular flexibility index (Phi) is 8.06. The van der Waals surface area contributed by atoms with Crippen LogP contribution in [0.25, 0.3) is 22.3 Å². The second-order valence-corrected chi connectivity index (χ2v) is 10.6. The van der Waals surface area contributed by atoms with Crippen LogP contribution in [0, 0.1) is 5.82 Å². The van der Waals surface area contributed by atoms with Gasteiger partial charge in [0.15, 0.2) is 0 Å². The van der Waals surface area contributed by atoms with E-state index in [9.17, 15) is 28.0 Å². The molecule has 1 unspecified atom stereocenters. The summed E-state index contributed by atoms with van der Waals surface area (Å²) in [7, 11) is 1.19. The molecule has 0 aliphatic heterocycles. The van der Waals surface area contributed by atoms with Gasteiger partial charge in [0.05, 0.1) is 12.7 Å². The van der Waals surface area contributed by atoms with Gasteiger partial charge in [0.1, 0.15) is 22.9 Å². The first-order chi connectivity index (χ1) is 19.2. The van der Waals surface area contributed by atoms with Gasteiger partial charge in [-0.3, -0.25) is 9.00 Å². The highest BCUT2D eigenvalue weighted by Crippen LogP contribution is 2.45. The van der Waals surface area contributed by atoms with E-state index in [4.69, 9.17) is 9.15 Å². The number of nitrogens with one attached hydrogen (secondary N) is 1. The predicted octanol–water partition coefficient (Wildman–Crippen LogP) is 2.96. The van der Waals surface area contributed by atoms with Gasteiger partial charge in [0.2, 0.25) is 0 Å². The summed E-state index contributed by atoms with van der Waals surface area (Å²) in [5.74, 6) is 0.00417. The second-order valence-electron chi connectivity index (χ2n) is 9.68. The van der Waals surface area contributed by atoms with E-state index in [1.165, 1.54) is 36.7 Å². The van der Waals surface area contributed by atoms with E-state index in [0.29, 0.717) is 33.4 Å². The van der Waals surface area contributed by atoms with Crippen LogP contribution in [0.5, 0.6) is 5.75 Å². The topological polar surface area (TPSA) is 135 Å². The highest BCUT2D eigenvalue weighted by Gasteiger charge is 2.30. The Labute approximate surface area is 233 Å². The number of ether oxygens (including phenoxy) is 1. The molecule has 1 fully saturated rings. The zero-order valence-electron chi connectivity index (χ0n) is 21.8. The molecular weight excluding hydrogens is 538 g/mol. The Morgan fingerprint density at radius 1 is 1.18 bits per heavy atom. The van der Waals surface area contributed by atoms with Crippen molar-refractivity contribution in [2.75, 3.05) is 14.2 Å². The number of methoxy groups -OCH3 is 1. The van der Waals surface area contributed by atoms with Crippen molar-refractivity contribution in [3.63, 3.8) is 0 Å². The molecule has 5 rings (SSSR count). The zero-order valence-corrected chi connectivity index (χ0v) is 22.7. The number of hydrogen-bond donors (Lipinski definition) is 3. The van der Waals surface area contributed by atoms with Crippen LogP contribution in [0.1, 0.15) is 45.8 Å². The molecule has 0 bridgehead atoms. The maximum Gasteiger partial charge on any atom is 0.492 e. The van der Waals surface area contributed by atoms with Crippen molar-refractivity contribution in [1.82, 2.24) is 9.62 Å². The Morgan fingerprint density at radius 2 is 1.90 bits per heavy atom. The summed E-state index contributed by atoms with van der Waals surface area (Å²) in [5, 5.41) is 22.3. The fourth-order valence-electron chi connectivity index (χ4n) is 4.89. The average Bonchev–Trinajstić information content (AvgIpc) is 3.72. The van der Waals surface area contributed by atoms with Crippen LogP contribution in [0.3, 0.4) is 0 Å². The lowest BCUT2D eigenvalue weighted by Crippen LogP contribution is -2.31. The molecule has 1 atom stereocenters. The Bertz CT molecular complexity index is 1590. The van der Waals surface area contributed by atoms with Gasteiger partial charge in [-0.15, -0.1) is 0 Å². The number of furan rings is 1. The molecular formula is C28H27BFN2O7S-. The average molecular weight is 565 g/mol. The van der Waals surface area contributed by atoms with Gasteiger partial charge in [-0.2, -0.15) is 0 Å². The molecule has 1 heterocycles. The predicted molar refractivity (Wildman–Crippen MR) is 148 cm³/mol. The molecule has 208 valence electrons. The fourth-order valence-corrected chi connectivity index (χ4v) is 5.39. The molecule has 1 aliphatic rings. The smallest absolute Gasteiger partial charge is 0.492 e. The number of carbonyl (C=O) groups is 1. The van der Waals surface area contributed by atoms with Crippen LogP contribution in [0.15, 0.2) is 59.0 Å². The highest BCUT2D eigenvalue weighted by atomic mass is 32.2. The van der Waals surface area contributed by atoms with E-state index in [1.54, 1.807) is 30.3 Å². The lowest BCUT2D eigenvalue weighted by atomic mass is 9.79. The largest absolute Gasteiger partial charge is 0.760 e. The van der Waals surface area contributed by atoms with E-state index in [-0.39, 0.29) is 36.1 Å². The molecule has 4 aromatic rings. The number of carbonyl (C=O) groups excluding carboxylic acids is 1. The minimum Gasteiger partial charge on any atom is -0.760 e. The SMILES string of the molecule is CNC(=O)c1c(-c2ccc(F)cc2)oc2cc(CN(Cc3ccc(B(O)O)c(OC)c3)S(=O)[O-])c(C3CC3)cc12. The maximum absolute atomic E-state index is 13.6. The van der Waals surface area contributed by atoms with E-state index in [1.807, 2.05) is 6.07 Å². The van der Waals surface area contributed by atoms with Gasteiger partial charge in [-0.05, 0) is 77.9 Å². The van der Waals surface area contributed by atoms with Gasteiger partial charge in [0, 0.05) is 47.8 Å². The van der Waals surface area contributed by atoms with Gasteiger partial charge in [-0.25, -0.2) is 8.70 Å². The minimum atomic E-state index is -2.59. The van der Waals surface area contributed by atoms with E-state index in [2.05, 4.69) is 5.32 Å². The summed E-state index contributed by atoms with van der Waals surface area (Å²) in [6, 6.07) is 14.0. The molecule has 12 heteroatoms. The van der Waals surface area contributed by atoms with Crippen molar-refractivity contribution in [3.8, 4) is 17.1 Å². The lowest BCUT2D eigenvalue weighted by molar-refractivity contribution is 0.0964. The number of halogens is 1. The van der Waals surface area contributed by atoms with Crippen LogP contribution in [0.4, 0.5) is 4.39 Å². The van der Waals surface area contributed by atoms with Crippen LogP contribution < -0.4 is 15.5 Å². The molecule has 9 nitrogen and oxygen atoms in total. The van der Waals surface area contributed by atoms with Crippen LogP contribution in [-0.2, 0) is 24.4 Å². The van der Waals surface area contributed by atoms with Gasteiger partial charge < -0.3 is 29.1 Å². The first-order valence-electron chi connectivity index (χ1n) is 12.6. The third-order valence-corrected chi connectivity index (χ3v) is 7.70. The third-order valence-electron chi connectivity index (χ3n) is 7.02. The van der Waals surface area contributed by atoms with Crippen molar-refractivity contribution < 1.29 is 37.1 Å². The van der Waals surface area contributed by atoms with E-state index in [0.717, 1.165) is 24.0 Å². The molecule has 1 aromatic heterocycles. The lowest BCUT2D eigenvalue weighted by Gasteiger charge is -2.26. The number of nitrogens with zero attached hydrogens (tertiary/aromatic N) is 1. The summed E-state index contributed by atoms with van der Waals surface area (Å²) in [6.07, 6.45) is 1.89. The molecule has 1 amide bonds. The van der Waals surface area contributed by atoms with Crippen LogP contribution >= 0.6 is 0 Å². The van der Waals surface area contributed by atoms with Crippen molar-refractivity contribution in [3.05, 3.63) is 82.7 Å². The van der Waals surface area contributed by atoms with E-state index < -0.39 is 24.2 Å². The molecule has 0 spiro atoms. The molecule has 3 N–H and O–H groups in total. The Hall–Kier alpha value is -3.55. The standard InChI is InChI=1S/C28H28BFN2O7S/c1-31-28(33)26-22-13-21(17-4-5-17)19(12-24(22)39-27(26)18-6-8-20(30)9-7-18)15-32(40(36)37)14-16-3-10-23(29(34)35)25(11-16)38-2/h3,6-13,17,34-35H,4-5,14-15H2,1-2H3,(H,31,33)(H,36,37)/p-1. The number of rotatable bonds is 10. The van der Waals surface area contributed by atoms with Gasteiger partial charge in [-0.1, -0.05) is 12.1 Å². The fraction of sp³-hybridized carbons (Fsp3) is 0.250. The monoisotopic (exact) mass is 565 g/mol. The quantitative estimate of drug-likeness (QED) is 0.199. The Balaban J connectivity index is 1.55. The second kappa shape index (κ2) is 11.5. The highest BCUT2D eigenvalue weighted by molar-refractivity contribution is 7.76. The summed E-state index contributed by atoms with van der Waals surface area (Å²) in [6.45, 7) is 0.0609. The first kappa shape index (κ1) is 28.0. The van der Waals surface area contributed by atoms with Crippen molar-refractivity contribution in [1.29, 1.82) is 0 Å². The molecule has 3 aromatic carbocycles. The normalized spacial score (nSPS) is 14.0. The number of fused-ring (bicyclic) bond motifs is 1. The van der Waals surface area contributed by atoms with Crippen LogP contribution in [-0.4, -0.2) is 50.3 Å². The van der Waals surface area contributed by atoms with Crippen LogP contribution in [0.2, 0.25) is 0 Å². The third kappa shape index (κ3) is 5.67. The maximum atomic E-state index is 13.6.